The first-order chi connectivity index (χ1) is 11.9. The number of aliphatic hydroxyl groups is 1. The van der Waals surface area contributed by atoms with E-state index in [9.17, 15) is 5.11 Å². The maximum atomic E-state index is 10.3. The number of methoxy groups -OCH3 is 1. The molecule has 1 atom stereocenters. The van der Waals surface area contributed by atoms with Crippen LogP contribution in [-0.2, 0) is 0 Å². The van der Waals surface area contributed by atoms with Crippen LogP contribution in [0.2, 0.25) is 0 Å². The fourth-order valence-corrected chi connectivity index (χ4v) is 3.46. The lowest BCUT2D eigenvalue weighted by Crippen LogP contribution is -2.36. The van der Waals surface area contributed by atoms with Crippen molar-refractivity contribution < 1.29 is 14.6 Å². The van der Waals surface area contributed by atoms with E-state index < -0.39 is 6.10 Å². The van der Waals surface area contributed by atoms with Crippen molar-refractivity contribution in [2.45, 2.75) is 77.4 Å². The van der Waals surface area contributed by atoms with Crippen LogP contribution in [0.5, 0.6) is 11.5 Å². The molecular weight excluding hydrogens is 314 g/mol. The van der Waals surface area contributed by atoms with Gasteiger partial charge in [0.05, 0.1) is 7.11 Å². The second-order valence-corrected chi connectivity index (χ2v) is 7.80. The van der Waals surface area contributed by atoms with Crippen LogP contribution >= 0.6 is 0 Å². The van der Waals surface area contributed by atoms with Crippen LogP contribution in [0.25, 0.3) is 0 Å². The molecule has 25 heavy (non-hydrogen) atoms. The van der Waals surface area contributed by atoms with Crippen molar-refractivity contribution in [2.75, 3.05) is 20.3 Å². The monoisotopic (exact) mass is 349 g/mol. The van der Waals surface area contributed by atoms with E-state index in [4.69, 9.17) is 9.47 Å². The molecule has 0 aromatic heterocycles. The van der Waals surface area contributed by atoms with Crippen molar-refractivity contribution >= 4 is 0 Å². The van der Waals surface area contributed by atoms with Gasteiger partial charge in [0.2, 0.25) is 0 Å². The van der Waals surface area contributed by atoms with Gasteiger partial charge in [-0.15, -0.1) is 0 Å². The molecule has 1 aliphatic rings. The molecule has 0 radical (unpaired) electrons. The van der Waals surface area contributed by atoms with E-state index in [1.807, 2.05) is 0 Å². The van der Waals surface area contributed by atoms with Gasteiger partial charge < -0.3 is 19.9 Å². The minimum atomic E-state index is -0.497. The Bertz CT molecular complexity index is 507. The van der Waals surface area contributed by atoms with Crippen LogP contribution < -0.4 is 14.8 Å². The summed E-state index contributed by atoms with van der Waals surface area (Å²) >= 11 is 0. The van der Waals surface area contributed by atoms with E-state index in [2.05, 4.69) is 45.1 Å². The molecule has 4 nitrogen and oxygen atoms in total. The molecule has 4 heteroatoms. The quantitative estimate of drug-likeness (QED) is 0.701. The number of ether oxygens (including phenoxy) is 2. The van der Waals surface area contributed by atoms with Crippen molar-refractivity contribution in [1.29, 1.82) is 0 Å². The van der Waals surface area contributed by atoms with E-state index in [0.717, 1.165) is 22.6 Å². The largest absolute Gasteiger partial charge is 0.497 e. The van der Waals surface area contributed by atoms with Gasteiger partial charge in [0, 0.05) is 23.7 Å². The highest BCUT2D eigenvalue weighted by molar-refractivity contribution is 5.50. The maximum absolute atomic E-state index is 10.3. The Labute approximate surface area is 152 Å². The SMILES string of the molecule is COc1cc(C(C)C)c(OCC(O)CNC2CCCC2)c(C(C)C)c1. The first kappa shape index (κ1) is 20.1. The number of aliphatic hydroxyl groups excluding tert-OH is 1. The molecule has 0 amide bonds. The summed E-state index contributed by atoms with van der Waals surface area (Å²) in [5, 5.41) is 13.8. The Morgan fingerprint density at radius 3 is 2.12 bits per heavy atom. The number of rotatable bonds is 9. The normalized spacial score (nSPS) is 16.6. The Hall–Kier alpha value is -1.26. The molecule has 0 aliphatic heterocycles. The predicted molar refractivity (Wildman–Crippen MR) is 103 cm³/mol. The molecule has 1 aliphatic carbocycles. The molecule has 1 aromatic carbocycles. The van der Waals surface area contributed by atoms with Crippen LogP contribution in [0.4, 0.5) is 0 Å². The number of benzene rings is 1. The molecular formula is C21H35NO3. The van der Waals surface area contributed by atoms with Crippen LogP contribution in [0, 0.1) is 0 Å². The average Bonchev–Trinajstić information content (AvgIpc) is 3.10. The fraction of sp³-hybridized carbons (Fsp3) is 0.714. The molecule has 1 aromatic rings. The number of hydrogen-bond acceptors (Lipinski definition) is 4. The van der Waals surface area contributed by atoms with Crippen molar-refractivity contribution in [3.05, 3.63) is 23.3 Å². The van der Waals surface area contributed by atoms with E-state index in [1.54, 1.807) is 7.11 Å². The van der Waals surface area contributed by atoms with E-state index >= 15 is 0 Å². The highest BCUT2D eigenvalue weighted by atomic mass is 16.5. The molecule has 0 heterocycles. The van der Waals surface area contributed by atoms with Gasteiger partial charge in [0.1, 0.15) is 24.2 Å². The standard InChI is InChI=1S/C21H35NO3/c1-14(2)19-10-18(24-5)11-20(15(3)4)21(19)25-13-17(23)12-22-16-8-6-7-9-16/h10-11,14-17,22-23H,6-9,12-13H2,1-5H3. The zero-order valence-electron chi connectivity index (χ0n) is 16.5. The highest BCUT2D eigenvalue weighted by Gasteiger charge is 2.20. The fourth-order valence-electron chi connectivity index (χ4n) is 3.46. The van der Waals surface area contributed by atoms with Gasteiger partial charge in [-0.05, 0) is 36.8 Å². The summed E-state index contributed by atoms with van der Waals surface area (Å²) in [4.78, 5) is 0. The minimum Gasteiger partial charge on any atom is -0.497 e. The first-order valence-corrected chi connectivity index (χ1v) is 9.68. The van der Waals surface area contributed by atoms with Crippen molar-refractivity contribution in [1.82, 2.24) is 5.32 Å². The zero-order valence-corrected chi connectivity index (χ0v) is 16.5. The van der Waals surface area contributed by atoms with Gasteiger partial charge in [0.25, 0.3) is 0 Å². The van der Waals surface area contributed by atoms with Crippen LogP contribution in [0.3, 0.4) is 0 Å². The Morgan fingerprint density at radius 1 is 1.08 bits per heavy atom. The molecule has 2 rings (SSSR count). The van der Waals surface area contributed by atoms with Crippen molar-refractivity contribution in [3.8, 4) is 11.5 Å². The lowest BCUT2D eigenvalue weighted by molar-refractivity contribution is 0.102. The van der Waals surface area contributed by atoms with E-state index in [-0.39, 0.29) is 0 Å². The third-order valence-corrected chi connectivity index (χ3v) is 5.02. The van der Waals surface area contributed by atoms with Gasteiger partial charge in [-0.2, -0.15) is 0 Å². The van der Waals surface area contributed by atoms with Gasteiger partial charge >= 0.3 is 0 Å². The summed E-state index contributed by atoms with van der Waals surface area (Å²) < 4.78 is 11.6. The lowest BCUT2D eigenvalue weighted by atomic mass is 9.93. The van der Waals surface area contributed by atoms with E-state index in [1.165, 1.54) is 25.7 Å². The summed E-state index contributed by atoms with van der Waals surface area (Å²) in [6.07, 6.45) is 4.54. The third-order valence-electron chi connectivity index (χ3n) is 5.02. The Kier molecular flexibility index (Phi) is 7.57. The molecule has 2 N–H and O–H groups in total. The molecule has 0 saturated heterocycles. The lowest BCUT2D eigenvalue weighted by Gasteiger charge is -2.23. The molecule has 1 fully saturated rings. The molecule has 0 bridgehead atoms. The Morgan fingerprint density at radius 2 is 1.64 bits per heavy atom. The van der Waals surface area contributed by atoms with Gasteiger partial charge in [-0.3, -0.25) is 0 Å². The van der Waals surface area contributed by atoms with Gasteiger partial charge in [-0.25, -0.2) is 0 Å². The van der Waals surface area contributed by atoms with Gasteiger partial charge in [0.15, 0.2) is 0 Å². The molecule has 1 unspecified atom stereocenters. The van der Waals surface area contributed by atoms with E-state index in [0.29, 0.717) is 31.0 Å². The number of hydrogen-bond donors (Lipinski definition) is 2. The van der Waals surface area contributed by atoms with Crippen molar-refractivity contribution in [3.63, 3.8) is 0 Å². The van der Waals surface area contributed by atoms with Crippen LogP contribution in [-0.4, -0.2) is 37.5 Å². The minimum absolute atomic E-state index is 0.311. The van der Waals surface area contributed by atoms with Crippen LogP contribution in [0.1, 0.15) is 76.3 Å². The molecule has 142 valence electrons. The highest BCUT2D eigenvalue weighted by Crippen LogP contribution is 2.38. The van der Waals surface area contributed by atoms with Crippen molar-refractivity contribution in [2.24, 2.45) is 0 Å². The van der Waals surface area contributed by atoms with Crippen LogP contribution in [0.15, 0.2) is 12.1 Å². The number of nitrogens with one attached hydrogen (secondary N) is 1. The summed E-state index contributed by atoms with van der Waals surface area (Å²) in [6.45, 7) is 9.53. The van der Waals surface area contributed by atoms with Gasteiger partial charge in [-0.1, -0.05) is 40.5 Å². The Balaban J connectivity index is 2.05. The average molecular weight is 350 g/mol. The smallest absolute Gasteiger partial charge is 0.126 e. The maximum Gasteiger partial charge on any atom is 0.126 e. The molecule has 1 saturated carbocycles. The zero-order chi connectivity index (χ0) is 18.4. The summed E-state index contributed by atoms with van der Waals surface area (Å²) in [5.74, 6) is 2.43. The third kappa shape index (κ3) is 5.61. The molecule has 0 spiro atoms. The topological polar surface area (TPSA) is 50.7 Å². The summed E-state index contributed by atoms with van der Waals surface area (Å²) in [5.41, 5.74) is 2.28. The summed E-state index contributed by atoms with van der Waals surface area (Å²) in [6, 6.07) is 4.66. The predicted octanol–water partition coefficient (Wildman–Crippen LogP) is 4.21. The second kappa shape index (κ2) is 9.44. The second-order valence-electron chi connectivity index (χ2n) is 7.80. The summed E-state index contributed by atoms with van der Waals surface area (Å²) in [7, 11) is 1.70. The first-order valence-electron chi connectivity index (χ1n) is 9.68.